The molecule has 1 aliphatic heterocycles. The van der Waals surface area contributed by atoms with Crippen LogP contribution < -0.4 is 0 Å². The topological polar surface area (TPSA) is 55.0 Å². The zero-order chi connectivity index (χ0) is 25.2. The van der Waals surface area contributed by atoms with E-state index in [2.05, 4.69) is 88.9 Å². The van der Waals surface area contributed by atoms with Crippen molar-refractivity contribution in [1.29, 1.82) is 0 Å². The van der Waals surface area contributed by atoms with Gasteiger partial charge in [0, 0.05) is 81.1 Å². The van der Waals surface area contributed by atoms with Gasteiger partial charge >= 0.3 is 0 Å². The first-order valence-corrected chi connectivity index (χ1v) is 13.0. The molecule has 1 saturated heterocycles. The summed E-state index contributed by atoms with van der Waals surface area (Å²) in [6.45, 7) is 16.5. The quantitative estimate of drug-likeness (QED) is 0.348. The lowest BCUT2D eigenvalue weighted by Gasteiger charge is -2.32. The minimum Gasteiger partial charge on any atom is -0.337 e. The van der Waals surface area contributed by atoms with Crippen LogP contribution >= 0.6 is 0 Å². The fraction of sp³-hybridized carbons (Fsp3) is 0.414. The highest BCUT2D eigenvalue weighted by Gasteiger charge is 2.19. The number of nitrogens with zero attached hydrogens (tertiary/aromatic N) is 7. The lowest BCUT2D eigenvalue weighted by molar-refractivity contribution is 0.156. The highest BCUT2D eigenvalue weighted by Crippen LogP contribution is 2.29. The van der Waals surface area contributed by atoms with Crippen molar-refractivity contribution in [2.75, 3.05) is 39.8 Å². The van der Waals surface area contributed by atoms with E-state index in [-0.39, 0.29) is 6.04 Å². The number of aromatic nitrogens is 5. The second kappa shape index (κ2) is 10.4. The maximum atomic E-state index is 5.05. The molecule has 0 aliphatic carbocycles. The Bertz CT molecular complexity index is 1330. The average Bonchev–Trinajstić information content (AvgIpc) is 3.53. The summed E-state index contributed by atoms with van der Waals surface area (Å²) in [5, 5.41) is 0. The maximum absolute atomic E-state index is 5.05. The highest BCUT2D eigenvalue weighted by atomic mass is 15.2. The van der Waals surface area contributed by atoms with Crippen molar-refractivity contribution in [2.45, 2.75) is 39.2 Å². The molecule has 0 aromatic carbocycles. The third-order valence-electron chi connectivity index (χ3n) is 7.30. The van der Waals surface area contributed by atoms with Crippen LogP contribution in [0.5, 0.6) is 0 Å². The number of pyridine rings is 2. The number of hydrogen-bond donors (Lipinski definition) is 0. The monoisotopic (exact) mass is 483 g/mol. The van der Waals surface area contributed by atoms with Crippen LogP contribution in [0.4, 0.5) is 0 Å². The van der Waals surface area contributed by atoms with Crippen LogP contribution in [0.2, 0.25) is 0 Å². The number of piperazine rings is 1. The van der Waals surface area contributed by atoms with Crippen LogP contribution in [0.25, 0.3) is 28.0 Å². The van der Waals surface area contributed by atoms with Gasteiger partial charge in [-0.3, -0.25) is 9.97 Å². The first-order chi connectivity index (χ1) is 17.4. The van der Waals surface area contributed by atoms with Gasteiger partial charge in [0.15, 0.2) is 0 Å². The number of rotatable bonds is 8. The van der Waals surface area contributed by atoms with Gasteiger partial charge < -0.3 is 18.9 Å². The van der Waals surface area contributed by atoms with Gasteiger partial charge in [0.05, 0.1) is 28.5 Å². The molecule has 0 spiro atoms. The summed E-state index contributed by atoms with van der Waals surface area (Å²) in [5.41, 5.74) is 6.14. The smallest absolute Gasteiger partial charge is 0.116 e. The Balaban J connectivity index is 1.41. The molecular formula is C29H37N7. The average molecular weight is 484 g/mol. The van der Waals surface area contributed by atoms with Crippen LogP contribution in [0.1, 0.15) is 50.7 Å². The van der Waals surface area contributed by atoms with E-state index in [1.54, 1.807) is 0 Å². The van der Waals surface area contributed by atoms with Crippen LogP contribution in [0, 0.1) is 0 Å². The minimum absolute atomic E-state index is 0.110. The Morgan fingerprint density at radius 3 is 2.58 bits per heavy atom. The fourth-order valence-corrected chi connectivity index (χ4v) is 4.95. The van der Waals surface area contributed by atoms with Gasteiger partial charge in [0.2, 0.25) is 0 Å². The zero-order valence-electron chi connectivity index (χ0n) is 21.9. The molecule has 7 heteroatoms. The molecule has 0 amide bonds. The maximum Gasteiger partial charge on any atom is 0.116 e. The predicted octanol–water partition coefficient (Wildman–Crippen LogP) is 5.14. The molecule has 1 atom stereocenters. The van der Waals surface area contributed by atoms with E-state index < -0.39 is 0 Å². The molecule has 1 fully saturated rings. The van der Waals surface area contributed by atoms with E-state index in [1.165, 1.54) is 0 Å². The normalized spacial score (nSPS) is 16.1. The second-order valence-corrected chi connectivity index (χ2v) is 10.3. The Hall–Kier alpha value is -3.29. The van der Waals surface area contributed by atoms with Crippen LogP contribution in [0.15, 0.2) is 61.7 Å². The first-order valence-electron chi connectivity index (χ1n) is 13.0. The molecule has 0 bridgehead atoms. The Morgan fingerprint density at radius 1 is 1.06 bits per heavy atom. The van der Waals surface area contributed by atoms with Crippen molar-refractivity contribution in [3.63, 3.8) is 0 Å². The SMILES string of the molecule is C=C(CCN1CCN(C)CC1)n1cc(-c2cnc3ccn(C(C)c4ccccn4)c3c2)nc1C(C)C. The molecule has 0 N–H and O–H groups in total. The van der Waals surface area contributed by atoms with E-state index in [0.717, 1.165) is 78.7 Å². The van der Waals surface area contributed by atoms with Crippen LogP contribution in [0.3, 0.4) is 0 Å². The van der Waals surface area contributed by atoms with Crippen LogP contribution in [-0.4, -0.2) is 73.7 Å². The van der Waals surface area contributed by atoms with E-state index in [4.69, 9.17) is 9.97 Å². The summed E-state index contributed by atoms with van der Waals surface area (Å²) >= 11 is 0. The van der Waals surface area contributed by atoms with E-state index in [9.17, 15) is 0 Å². The Morgan fingerprint density at radius 2 is 1.86 bits per heavy atom. The Labute approximate surface area is 214 Å². The largest absolute Gasteiger partial charge is 0.337 e. The third kappa shape index (κ3) is 4.99. The summed E-state index contributed by atoms with van der Waals surface area (Å²) in [6.07, 6.45) is 8.94. The van der Waals surface area contributed by atoms with E-state index in [0.29, 0.717) is 5.92 Å². The zero-order valence-corrected chi connectivity index (χ0v) is 21.9. The summed E-state index contributed by atoms with van der Waals surface area (Å²) in [5.74, 6) is 1.34. The Kier molecular flexibility index (Phi) is 7.03. The van der Waals surface area contributed by atoms with Crippen molar-refractivity contribution in [1.82, 2.24) is 33.9 Å². The lowest BCUT2D eigenvalue weighted by Crippen LogP contribution is -2.44. The molecule has 36 heavy (non-hydrogen) atoms. The first kappa shape index (κ1) is 24.4. The van der Waals surface area contributed by atoms with E-state index in [1.807, 2.05) is 24.5 Å². The summed E-state index contributed by atoms with van der Waals surface area (Å²) in [6, 6.07) is 10.4. The van der Waals surface area contributed by atoms with Gasteiger partial charge in [-0.15, -0.1) is 0 Å². The number of hydrogen-bond acceptors (Lipinski definition) is 5. The molecule has 5 rings (SSSR count). The number of imidazole rings is 1. The summed E-state index contributed by atoms with van der Waals surface area (Å²) in [7, 11) is 2.19. The van der Waals surface area contributed by atoms with Gasteiger partial charge in [0.25, 0.3) is 0 Å². The lowest BCUT2D eigenvalue weighted by atomic mass is 10.2. The van der Waals surface area contributed by atoms with Crippen molar-refractivity contribution >= 4 is 16.7 Å². The summed E-state index contributed by atoms with van der Waals surface area (Å²) in [4.78, 5) is 19.3. The van der Waals surface area contributed by atoms with E-state index >= 15 is 0 Å². The number of likely N-dealkylation sites (N-methyl/N-ethyl adjacent to an activating group) is 1. The van der Waals surface area contributed by atoms with Crippen molar-refractivity contribution in [3.05, 3.63) is 73.2 Å². The molecule has 0 radical (unpaired) electrons. The van der Waals surface area contributed by atoms with Gasteiger partial charge in [-0.2, -0.15) is 0 Å². The molecule has 188 valence electrons. The van der Waals surface area contributed by atoms with Gasteiger partial charge in [-0.05, 0) is 38.2 Å². The van der Waals surface area contributed by atoms with Gasteiger partial charge in [-0.25, -0.2) is 4.98 Å². The standard InChI is InChI=1S/C29H37N7/c1-21(2)29-32-27(20-36(29)22(3)9-12-34-16-14-33(5)15-17-34)24-18-28-26(31-19-24)10-13-35(28)23(4)25-8-6-7-11-30-25/h6-8,10-11,13,18-21,23H,3,9,12,14-17H2,1-2,4-5H3. The van der Waals surface area contributed by atoms with Crippen LogP contribution in [-0.2, 0) is 0 Å². The van der Waals surface area contributed by atoms with Gasteiger partial charge in [-0.1, -0.05) is 26.5 Å². The second-order valence-electron chi connectivity index (χ2n) is 10.3. The van der Waals surface area contributed by atoms with Crippen molar-refractivity contribution in [2.24, 2.45) is 0 Å². The molecule has 1 aliphatic rings. The molecule has 4 aromatic rings. The third-order valence-corrected chi connectivity index (χ3v) is 7.30. The molecule has 4 aromatic heterocycles. The number of fused-ring (bicyclic) bond motifs is 1. The van der Waals surface area contributed by atoms with Crippen molar-refractivity contribution in [3.8, 4) is 11.3 Å². The summed E-state index contributed by atoms with van der Waals surface area (Å²) < 4.78 is 4.44. The molecule has 1 unspecified atom stereocenters. The minimum atomic E-state index is 0.110. The molecule has 5 heterocycles. The molecule has 7 nitrogen and oxygen atoms in total. The molecular weight excluding hydrogens is 446 g/mol. The predicted molar refractivity (Wildman–Crippen MR) is 147 cm³/mol. The molecule has 0 saturated carbocycles. The fourth-order valence-electron chi connectivity index (χ4n) is 4.95. The van der Waals surface area contributed by atoms with Crippen molar-refractivity contribution < 1.29 is 0 Å². The highest BCUT2D eigenvalue weighted by molar-refractivity contribution is 5.81. The van der Waals surface area contributed by atoms with Gasteiger partial charge in [0.1, 0.15) is 5.82 Å².